The average Bonchev–Trinajstić information content (AvgIpc) is 3.85. The van der Waals surface area contributed by atoms with E-state index in [9.17, 15) is 0 Å². The van der Waals surface area contributed by atoms with Gasteiger partial charge in [0.05, 0.1) is 10.8 Å². The fourth-order valence-corrected chi connectivity index (χ4v) is 11.9. The van der Waals surface area contributed by atoms with Crippen molar-refractivity contribution >= 4 is 17.1 Å². The van der Waals surface area contributed by atoms with Crippen molar-refractivity contribution in [1.29, 1.82) is 0 Å². The van der Waals surface area contributed by atoms with E-state index in [-0.39, 0.29) is 5.41 Å². The molecule has 69 heavy (non-hydrogen) atoms. The largest absolute Gasteiger partial charge is 0.310 e. The van der Waals surface area contributed by atoms with Crippen molar-refractivity contribution in [3.05, 3.63) is 304 Å². The molecule has 10 aromatic carbocycles. The van der Waals surface area contributed by atoms with E-state index in [0.29, 0.717) is 0 Å². The lowest BCUT2D eigenvalue weighted by atomic mass is 9.66. The molecule has 2 unspecified atom stereocenters. The lowest BCUT2D eigenvalue weighted by Gasteiger charge is -2.36. The molecule has 12 rings (SSSR count). The molecule has 1 nitrogen and oxygen atoms in total. The third-order valence-electron chi connectivity index (χ3n) is 15.1. The zero-order chi connectivity index (χ0) is 46.9. The van der Waals surface area contributed by atoms with Crippen LogP contribution in [0.25, 0.3) is 33.4 Å². The summed E-state index contributed by atoms with van der Waals surface area (Å²) in [5, 5.41) is 0. The summed E-state index contributed by atoms with van der Waals surface area (Å²) in [5.41, 5.74) is 23.6. The Hall–Kier alpha value is -8.00. The summed E-state index contributed by atoms with van der Waals surface area (Å²) in [6.45, 7) is 11.4. The Morgan fingerprint density at radius 3 is 1.32 bits per heavy atom. The van der Waals surface area contributed by atoms with Crippen LogP contribution in [0, 0.1) is 13.8 Å². The molecule has 0 saturated carbocycles. The molecule has 0 N–H and O–H groups in total. The van der Waals surface area contributed by atoms with Gasteiger partial charge in [0.2, 0.25) is 0 Å². The van der Waals surface area contributed by atoms with Gasteiger partial charge in [-0.3, -0.25) is 0 Å². The molecule has 0 fully saturated rings. The van der Waals surface area contributed by atoms with Crippen molar-refractivity contribution in [3.63, 3.8) is 0 Å². The summed E-state index contributed by atoms with van der Waals surface area (Å²) in [4.78, 5) is 2.53. The van der Waals surface area contributed by atoms with Crippen molar-refractivity contribution < 1.29 is 0 Å². The van der Waals surface area contributed by atoms with Crippen LogP contribution in [0.2, 0.25) is 0 Å². The van der Waals surface area contributed by atoms with Gasteiger partial charge in [0.15, 0.2) is 0 Å². The summed E-state index contributed by atoms with van der Waals surface area (Å²) in [6, 6.07) is 91.6. The summed E-state index contributed by atoms with van der Waals surface area (Å²) in [6.07, 6.45) is 0. The number of anilines is 3. The first kappa shape index (κ1) is 42.4. The first-order chi connectivity index (χ1) is 33.7. The number of nitrogens with zero attached hydrogens (tertiary/aromatic N) is 1. The number of rotatable bonds is 8. The molecule has 0 bridgehead atoms. The lowest BCUT2D eigenvalue weighted by molar-refractivity contribution is 0.587. The Kier molecular flexibility index (Phi) is 10.0. The van der Waals surface area contributed by atoms with Gasteiger partial charge in [-0.05, 0) is 145 Å². The maximum atomic E-state index is 2.53. The quantitative estimate of drug-likeness (QED) is 0.147. The highest BCUT2D eigenvalue weighted by Crippen LogP contribution is 2.60. The summed E-state index contributed by atoms with van der Waals surface area (Å²) < 4.78 is 0. The standard InChI is InChI=1S/C68H55N/c1-46-32-34-52(35-33-46)67(50-22-11-7-12-23-50)62-30-17-15-28-58(62)60-38-36-55(44-64(60)67)69(57-41-47(2)40-49(42-57)48-20-9-6-10-21-48)56-37-39-61-59-29-16-18-31-63(59)68(65(61)45-56,51-24-13-8-14-25-51)54-27-19-26-53(43-54)66(3,4)5/h6-45H,1-5H3. The Morgan fingerprint density at radius 2 is 0.768 bits per heavy atom. The fourth-order valence-electron chi connectivity index (χ4n) is 11.9. The van der Waals surface area contributed by atoms with Gasteiger partial charge >= 0.3 is 0 Å². The highest BCUT2D eigenvalue weighted by atomic mass is 15.1. The van der Waals surface area contributed by atoms with Crippen LogP contribution in [0.1, 0.15) is 82.0 Å². The Morgan fingerprint density at radius 1 is 0.304 bits per heavy atom. The number of fused-ring (bicyclic) bond motifs is 6. The highest BCUT2D eigenvalue weighted by molar-refractivity contribution is 5.93. The summed E-state index contributed by atoms with van der Waals surface area (Å²) in [5.74, 6) is 0. The van der Waals surface area contributed by atoms with Gasteiger partial charge in [0, 0.05) is 17.1 Å². The van der Waals surface area contributed by atoms with Crippen molar-refractivity contribution in [3.8, 4) is 33.4 Å². The van der Waals surface area contributed by atoms with Gasteiger partial charge in [-0.1, -0.05) is 233 Å². The van der Waals surface area contributed by atoms with Gasteiger partial charge < -0.3 is 4.90 Å². The minimum Gasteiger partial charge on any atom is -0.310 e. The van der Waals surface area contributed by atoms with Crippen molar-refractivity contribution in [2.45, 2.75) is 50.9 Å². The third kappa shape index (κ3) is 6.67. The Labute approximate surface area is 408 Å². The van der Waals surface area contributed by atoms with E-state index < -0.39 is 10.8 Å². The van der Waals surface area contributed by atoms with Crippen LogP contribution in [-0.2, 0) is 16.2 Å². The van der Waals surface area contributed by atoms with E-state index in [1.807, 2.05) is 0 Å². The SMILES string of the molecule is Cc1ccc(C2(c3ccccc3)c3ccccc3-c3ccc(N(c4cc(C)cc(-c5ccccc5)c4)c4ccc5c(c4)C(c4ccccc4)(c4cccc(C(C)(C)C)c4)c4ccccc4-5)cc32)cc1. The predicted octanol–water partition coefficient (Wildman–Crippen LogP) is 17.5. The van der Waals surface area contributed by atoms with Crippen molar-refractivity contribution in [1.82, 2.24) is 0 Å². The second kappa shape index (κ2) is 16.4. The zero-order valence-corrected chi connectivity index (χ0v) is 40.0. The van der Waals surface area contributed by atoms with E-state index in [4.69, 9.17) is 0 Å². The van der Waals surface area contributed by atoms with Gasteiger partial charge in [-0.15, -0.1) is 0 Å². The minimum absolute atomic E-state index is 0.0318. The molecule has 0 saturated heterocycles. The number of aryl methyl sites for hydroxylation is 2. The lowest BCUT2D eigenvalue weighted by Crippen LogP contribution is -2.29. The summed E-state index contributed by atoms with van der Waals surface area (Å²) in [7, 11) is 0. The molecule has 0 aromatic heterocycles. The van der Waals surface area contributed by atoms with E-state index in [1.54, 1.807) is 0 Å². The van der Waals surface area contributed by atoms with Gasteiger partial charge in [-0.2, -0.15) is 0 Å². The monoisotopic (exact) mass is 885 g/mol. The second-order valence-corrected chi connectivity index (χ2v) is 20.2. The molecule has 0 spiro atoms. The third-order valence-corrected chi connectivity index (χ3v) is 15.1. The van der Waals surface area contributed by atoms with E-state index >= 15 is 0 Å². The smallest absolute Gasteiger partial charge is 0.0714 e. The molecule has 2 aliphatic carbocycles. The Bertz CT molecular complexity index is 3540. The molecule has 332 valence electrons. The molecular formula is C68H55N. The number of hydrogen-bond donors (Lipinski definition) is 0. The maximum Gasteiger partial charge on any atom is 0.0714 e. The van der Waals surface area contributed by atoms with Crippen LogP contribution in [-0.4, -0.2) is 0 Å². The summed E-state index contributed by atoms with van der Waals surface area (Å²) >= 11 is 0. The van der Waals surface area contributed by atoms with E-state index in [1.165, 1.54) is 94.6 Å². The molecule has 0 amide bonds. The first-order valence-corrected chi connectivity index (χ1v) is 24.4. The second-order valence-electron chi connectivity index (χ2n) is 20.2. The van der Waals surface area contributed by atoms with Crippen molar-refractivity contribution in [2.75, 3.05) is 4.90 Å². The van der Waals surface area contributed by atoms with Gasteiger partial charge in [0.1, 0.15) is 0 Å². The van der Waals surface area contributed by atoms with Crippen LogP contribution in [0.4, 0.5) is 17.1 Å². The minimum atomic E-state index is -0.578. The molecule has 0 heterocycles. The molecule has 2 aliphatic rings. The van der Waals surface area contributed by atoms with Crippen molar-refractivity contribution in [2.24, 2.45) is 0 Å². The first-order valence-electron chi connectivity index (χ1n) is 24.4. The van der Waals surface area contributed by atoms with Crippen LogP contribution in [0.3, 0.4) is 0 Å². The Balaban J connectivity index is 1.16. The molecule has 1 heteroatoms. The maximum absolute atomic E-state index is 2.53. The predicted molar refractivity (Wildman–Crippen MR) is 289 cm³/mol. The van der Waals surface area contributed by atoms with E-state index in [0.717, 1.165) is 17.1 Å². The van der Waals surface area contributed by atoms with E-state index in [2.05, 4.69) is 282 Å². The number of benzene rings is 10. The van der Waals surface area contributed by atoms with Gasteiger partial charge in [-0.25, -0.2) is 0 Å². The van der Waals surface area contributed by atoms with Crippen LogP contribution in [0.15, 0.2) is 243 Å². The van der Waals surface area contributed by atoms with Crippen LogP contribution < -0.4 is 4.90 Å². The van der Waals surface area contributed by atoms with Gasteiger partial charge in [0.25, 0.3) is 0 Å². The topological polar surface area (TPSA) is 3.24 Å². The highest BCUT2D eigenvalue weighted by Gasteiger charge is 2.48. The normalized spacial score (nSPS) is 16.6. The van der Waals surface area contributed by atoms with Crippen LogP contribution in [0.5, 0.6) is 0 Å². The average molecular weight is 886 g/mol. The molecule has 2 atom stereocenters. The fraction of sp³-hybridized carbons (Fsp3) is 0.118. The number of hydrogen-bond acceptors (Lipinski definition) is 1. The molecule has 0 aliphatic heterocycles. The zero-order valence-electron chi connectivity index (χ0n) is 40.0. The molecular weight excluding hydrogens is 831 g/mol. The molecule has 10 aromatic rings. The molecule has 0 radical (unpaired) electrons. The van der Waals surface area contributed by atoms with Crippen LogP contribution >= 0.6 is 0 Å².